The average molecular weight is 325 g/mol. The molecule has 0 saturated carbocycles. The van der Waals surface area contributed by atoms with E-state index in [1.807, 2.05) is 24.3 Å². The SMILES string of the molecule is Cn1ccc2cc(-c3ccc4oc(-c5ccccn5)nc4c3)ccc21. The summed E-state index contributed by atoms with van der Waals surface area (Å²) in [5, 5.41) is 1.23. The van der Waals surface area contributed by atoms with Crippen LogP contribution in [-0.4, -0.2) is 14.5 Å². The number of aryl methyl sites for hydroxylation is 1. The van der Waals surface area contributed by atoms with Crippen LogP contribution in [0.4, 0.5) is 0 Å². The quantitative estimate of drug-likeness (QED) is 0.456. The van der Waals surface area contributed by atoms with E-state index in [0.29, 0.717) is 5.89 Å². The Morgan fingerprint density at radius 3 is 2.68 bits per heavy atom. The third-order valence-electron chi connectivity index (χ3n) is 4.49. The fourth-order valence-corrected chi connectivity index (χ4v) is 3.17. The Morgan fingerprint density at radius 2 is 1.80 bits per heavy atom. The van der Waals surface area contributed by atoms with Crippen LogP contribution in [0.25, 0.3) is 44.7 Å². The third-order valence-corrected chi connectivity index (χ3v) is 4.49. The lowest BCUT2D eigenvalue weighted by Crippen LogP contribution is -1.84. The average Bonchev–Trinajstić information content (AvgIpc) is 3.25. The van der Waals surface area contributed by atoms with Crippen molar-refractivity contribution >= 4 is 22.0 Å². The summed E-state index contributed by atoms with van der Waals surface area (Å²) in [5.41, 5.74) is 5.87. The molecule has 5 aromatic rings. The van der Waals surface area contributed by atoms with Crippen molar-refractivity contribution in [3.63, 3.8) is 0 Å². The second-order valence-electron chi connectivity index (χ2n) is 6.12. The number of oxazole rings is 1. The van der Waals surface area contributed by atoms with Gasteiger partial charge in [0.05, 0.1) is 0 Å². The predicted octanol–water partition coefficient (Wildman–Crippen LogP) is 5.05. The highest BCUT2D eigenvalue weighted by molar-refractivity contribution is 5.88. The first-order valence-electron chi connectivity index (χ1n) is 8.15. The van der Waals surface area contributed by atoms with Crippen molar-refractivity contribution in [3.05, 3.63) is 73.1 Å². The Hall–Kier alpha value is -3.40. The summed E-state index contributed by atoms with van der Waals surface area (Å²) < 4.78 is 7.97. The zero-order valence-electron chi connectivity index (χ0n) is 13.7. The van der Waals surface area contributed by atoms with Gasteiger partial charge in [-0.05, 0) is 53.6 Å². The third kappa shape index (κ3) is 2.31. The van der Waals surface area contributed by atoms with E-state index < -0.39 is 0 Å². The van der Waals surface area contributed by atoms with E-state index in [9.17, 15) is 0 Å². The summed E-state index contributed by atoms with van der Waals surface area (Å²) in [6, 6.07) is 20.4. The molecule has 5 rings (SSSR count). The first kappa shape index (κ1) is 14.0. The smallest absolute Gasteiger partial charge is 0.246 e. The normalized spacial score (nSPS) is 11.4. The van der Waals surface area contributed by atoms with Gasteiger partial charge in [-0.2, -0.15) is 0 Å². The van der Waals surface area contributed by atoms with Gasteiger partial charge in [0.2, 0.25) is 5.89 Å². The largest absolute Gasteiger partial charge is 0.435 e. The maximum absolute atomic E-state index is 5.84. The monoisotopic (exact) mass is 325 g/mol. The van der Waals surface area contributed by atoms with Crippen LogP contribution in [0.2, 0.25) is 0 Å². The second kappa shape index (κ2) is 5.31. The molecule has 0 atom stereocenters. The van der Waals surface area contributed by atoms with Crippen LogP contribution >= 0.6 is 0 Å². The molecule has 2 aromatic carbocycles. The summed E-state index contributed by atoms with van der Waals surface area (Å²) in [7, 11) is 2.06. The Kier molecular flexibility index (Phi) is 2.97. The number of pyridine rings is 1. The van der Waals surface area contributed by atoms with Crippen LogP contribution in [-0.2, 0) is 7.05 Å². The molecule has 0 aliphatic heterocycles. The van der Waals surface area contributed by atoms with Gasteiger partial charge < -0.3 is 8.98 Å². The first-order valence-corrected chi connectivity index (χ1v) is 8.15. The number of hydrogen-bond acceptors (Lipinski definition) is 3. The number of nitrogens with zero attached hydrogens (tertiary/aromatic N) is 3. The van der Waals surface area contributed by atoms with E-state index in [0.717, 1.165) is 22.4 Å². The van der Waals surface area contributed by atoms with Crippen LogP contribution in [0.3, 0.4) is 0 Å². The van der Waals surface area contributed by atoms with Crippen molar-refractivity contribution in [3.8, 4) is 22.7 Å². The van der Waals surface area contributed by atoms with Gasteiger partial charge in [-0.25, -0.2) is 4.98 Å². The minimum atomic E-state index is 0.547. The molecule has 0 saturated heterocycles. The molecule has 4 heteroatoms. The van der Waals surface area contributed by atoms with Gasteiger partial charge in [0.25, 0.3) is 0 Å². The van der Waals surface area contributed by atoms with Crippen LogP contribution in [0.5, 0.6) is 0 Å². The highest BCUT2D eigenvalue weighted by Crippen LogP contribution is 2.29. The van der Waals surface area contributed by atoms with Crippen molar-refractivity contribution in [2.45, 2.75) is 0 Å². The lowest BCUT2D eigenvalue weighted by atomic mass is 10.0. The van der Waals surface area contributed by atoms with Gasteiger partial charge in [0, 0.05) is 30.3 Å². The van der Waals surface area contributed by atoms with Gasteiger partial charge in [0.1, 0.15) is 11.2 Å². The minimum absolute atomic E-state index is 0.547. The van der Waals surface area contributed by atoms with Crippen LogP contribution in [0.1, 0.15) is 0 Å². The summed E-state index contributed by atoms with van der Waals surface area (Å²) in [4.78, 5) is 8.91. The Morgan fingerprint density at radius 1 is 0.920 bits per heavy atom. The van der Waals surface area contributed by atoms with Crippen molar-refractivity contribution in [1.82, 2.24) is 14.5 Å². The van der Waals surface area contributed by atoms with E-state index in [4.69, 9.17) is 4.42 Å². The number of benzene rings is 2. The topological polar surface area (TPSA) is 43.9 Å². The molecule has 0 radical (unpaired) electrons. The molecule has 0 N–H and O–H groups in total. The molecule has 3 aromatic heterocycles. The zero-order valence-corrected chi connectivity index (χ0v) is 13.7. The fourth-order valence-electron chi connectivity index (χ4n) is 3.17. The highest BCUT2D eigenvalue weighted by atomic mass is 16.3. The van der Waals surface area contributed by atoms with Crippen LogP contribution in [0.15, 0.2) is 77.5 Å². The Balaban J connectivity index is 1.61. The van der Waals surface area contributed by atoms with E-state index in [1.54, 1.807) is 6.20 Å². The summed E-state index contributed by atoms with van der Waals surface area (Å²) in [6.07, 6.45) is 3.82. The van der Waals surface area contributed by atoms with E-state index >= 15 is 0 Å². The molecule has 120 valence electrons. The Bertz CT molecular complexity index is 1200. The molecule has 3 heterocycles. The molecule has 25 heavy (non-hydrogen) atoms. The molecule has 0 unspecified atom stereocenters. The van der Waals surface area contributed by atoms with E-state index in [1.165, 1.54) is 16.5 Å². The van der Waals surface area contributed by atoms with Crippen LogP contribution < -0.4 is 0 Å². The zero-order chi connectivity index (χ0) is 16.8. The molecule has 0 aliphatic rings. The molecule has 0 spiro atoms. The summed E-state index contributed by atoms with van der Waals surface area (Å²) >= 11 is 0. The number of hydrogen-bond donors (Lipinski definition) is 0. The molecular formula is C21H15N3O. The fraction of sp³-hybridized carbons (Fsp3) is 0.0476. The predicted molar refractivity (Wildman–Crippen MR) is 99.2 cm³/mol. The van der Waals surface area contributed by atoms with Crippen molar-refractivity contribution in [2.75, 3.05) is 0 Å². The summed E-state index contributed by atoms with van der Waals surface area (Å²) in [6.45, 7) is 0. The Labute approximate surface area is 144 Å². The number of fused-ring (bicyclic) bond motifs is 2. The highest BCUT2D eigenvalue weighted by Gasteiger charge is 2.10. The summed E-state index contributed by atoms with van der Waals surface area (Å²) in [5.74, 6) is 0.547. The first-order chi connectivity index (χ1) is 12.3. The van der Waals surface area contributed by atoms with Crippen molar-refractivity contribution < 1.29 is 4.42 Å². The maximum atomic E-state index is 5.84. The maximum Gasteiger partial charge on any atom is 0.246 e. The second-order valence-corrected chi connectivity index (χ2v) is 6.12. The molecule has 4 nitrogen and oxygen atoms in total. The van der Waals surface area contributed by atoms with Crippen molar-refractivity contribution in [1.29, 1.82) is 0 Å². The van der Waals surface area contributed by atoms with E-state index in [2.05, 4.69) is 64.2 Å². The number of rotatable bonds is 2. The van der Waals surface area contributed by atoms with Gasteiger partial charge in [-0.3, -0.25) is 4.98 Å². The lowest BCUT2D eigenvalue weighted by molar-refractivity contribution is 0.617. The molecular weight excluding hydrogens is 310 g/mol. The molecule has 0 aliphatic carbocycles. The van der Waals surface area contributed by atoms with E-state index in [-0.39, 0.29) is 0 Å². The standard InChI is InChI=1S/C21H15N3O/c1-24-11-9-16-12-14(5-7-19(16)24)15-6-8-20-18(13-15)23-21(25-20)17-4-2-3-10-22-17/h2-13H,1H3. The van der Waals surface area contributed by atoms with Crippen LogP contribution in [0, 0.1) is 0 Å². The van der Waals surface area contributed by atoms with Gasteiger partial charge in [0.15, 0.2) is 5.58 Å². The van der Waals surface area contributed by atoms with Gasteiger partial charge >= 0.3 is 0 Å². The van der Waals surface area contributed by atoms with Gasteiger partial charge in [-0.15, -0.1) is 0 Å². The van der Waals surface area contributed by atoms with Gasteiger partial charge in [-0.1, -0.05) is 18.2 Å². The van der Waals surface area contributed by atoms with Crippen molar-refractivity contribution in [2.24, 2.45) is 7.05 Å². The molecule has 0 bridgehead atoms. The number of aromatic nitrogens is 3. The molecule has 0 fully saturated rings. The lowest BCUT2D eigenvalue weighted by Gasteiger charge is -2.03. The minimum Gasteiger partial charge on any atom is -0.435 e. The molecule has 0 amide bonds.